The minimum atomic E-state index is -2.18. The van der Waals surface area contributed by atoms with Crippen LogP contribution in [0.4, 0.5) is 0 Å². The number of rotatable bonds is 2. The lowest BCUT2D eigenvalue weighted by Crippen LogP contribution is -2.00. The van der Waals surface area contributed by atoms with E-state index >= 15 is 0 Å². The normalized spacial score (nSPS) is 17.1. The van der Waals surface area contributed by atoms with Crippen LogP contribution in [0, 0.1) is 0 Å². The Kier molecular flexibility index (Phi) is 5.93. The molecule has 1 aliphatic rings. The summed E-state index contributed by atoms with van der Waals surface area (Å²) in [5.41, 5.74) is 2.25. The molecule has 2 aromatic rings. The van der Waals surface area contributed by atoms with Crippen LogP contribution in [0.15, 0.2) is 65.7 Å². The minimum absolute atomic E-state index is 0.131. The highest BCUT2D eigenvalue weighted by molar-refractivity contribution is 8.38. The van der Waals surface area contributed by atoms with E-state index in [4.69, 9.17) is 14.2 Å². The summed E-state index contributed by atoms with van der Waals surface area (Å²) in [4.78, 5) is 12.1. The third-order valence-corrected chi connectivity index (χ3v) is 2.86. The first-order valence-corrected chi connectivity index (χ1v) is 8.69. The Morgan fingerprint density at radius 1 is 1.10 bits per heavy atom. The second kappa shape index (κ2) is 7.93. The van der Waals surface area contributed by atoms with Crippen molar-refractivity contribution >= 4 is 25.4 Å². The van der Waals surface area contributed by atoms with Crippen molar-refractivity contribution in [3.8, 4) is 0 Å². The molecule has 0 aliphatic carbocycles. The van der Waals surface area contributed by atoms with Gasteiger partial charge in [-0.1, -0.05) is 48.5 Å². The maximum Gasteiger partial charge on any atom is 0.579 e. The fourth-order valence-corrected chi connectivity index (χ4v) is 1.96. The standard InChI is InChI=1S/C15H13NO.HO2PS/c1-3-7-12(8-4-1)14-11-17-15(16-14)13-9-5-2-6-10-13;1-3(2)4/h1-10,14H,11H2;(H-,1,2,4)/p+1. The van der Waals surface area contributed by atoms with Crippen molar-refractivity contribution in [1.82, 2.24) is 0 Å². The summed E-state index contributed by atoms with van der Waals surface area (Å²) in [5, 5.41) is 0. The Balaban J connectivity index is 0.000000361. The largest absolute Gasteiger partial charge is 0.579 e. The quantitative estimate of drug-likeness (QED) is 0.654. The second-order valence-corrected chi connectivity index (χ2v) is 5.82. The monoisotopic (exact) mass is 320 g/mol. The first-order valence-electron chi connectivity index (χ1n) is 6.33. The molecule has 0 radical (unpaired) electrons. The van der Waals surface area contributed by atoms with Crippen molar-refractivity contribution in [2.45, 2.75) is 6.04 Å². The van der Waals surface area contributed by atoms with E-state index in [1.54, 1.807) is 0 Å². The van der Waals surface area contributed by atoms with E-state index in [1.807, 2.05) is 48.5 Å². The zero-order valence-corrected chi connectivity index (χ0v) is 13.0. The lowest BCUT2D eigenvalue weighted by atomic mass is 10.1. The van der Waals surface area contributed by atoms with Gasteiger partial charge in [0, 0.05) is 5.56 Å². The van der Waals surface area contributed by atoms with E-state index in [0.717, 1.165) is 11.5 Å². The molecule has 2 aromatic carbocycles. The van der Waals surface area contributed by atoms with Crippen LogP contribution in [-0.2, 0) is 9.30 Å². The van der Waals surface area contributed by atoms with Gasteiger partial charge in [-0.2, -0.15) is 4.89 Å². The summed E-state index contributed by atoms with van der Waals surface area (Å²) >= 11 is 3.03. The number of thiol groups is 1. The van der Waals surface area contributed by atoms with Crippen LogP contribution in [-0.4, -0.2) is 17.4 Å². The van der Waals surface area contributed by atoms with Crippen LogP contribution in [0.25, 0.3) is 0 Å². The number of hydrogen-bond acceptors (Lipinski definition) is 3. The summed E-state index contributed by atoms with van der Waals surface area (Å²) in [7, 11) is -2.18. The number of benzene rings is 2. The van der Waals surface area contributed by atoms with Crippen LogP contribution in [0.2, 0.25) is 0 Å². The maximum atomic E-state index is 9.01. The highest BCUT2D eigenvalue weighted by atomic mass is 32.7. The lowest BCUT2D eigenvalue weighted by Gasteiger charge is -2.03. The first-order chi connectivity index (χ1) is 10.2. The molecule has 0 saturated carbocycles. The van der Waals surface area contributed by atoms with Gasteiger partial charge in [0.1, 0.15) is 24.9 Å². The molecule has 1 N–H and O–H groups in total. The highest BCUT2D eigenvalue weighted by Crippen LogP contribution is 2.24. The third kappa shape index (κ3) is 4.97. The predicted octanol–water partition coefficient (Wildman–Crippen LogP) is 3.77. The molecule has 4 nitrogen and oxygen atoms in total. The van der Waals surface area contributed by atoms with Crippen molar-refractivity contribution in [2.24, 2.45) is 4.99 Å². The summed E-state index contributed by atoms with van der Waals surface area (Å²) in [5.74, 6) is 0.749. The molecule has 0 amide bonds. The summed E-state index contributed by atoms with van der Waals surface area (Å²) in [6.45, 7) is 0.633. The van der Waals surface area contributed by atoms with Gasteiger partial charge in [-0.25, -0.2) is 4.99 Å². The Hall–Kier alpha value is -1.68. The molecule has 1 heterocycles. The molecule has 0 bridgehead atoms. The van der Waals surface area contributed by atoms with E-state index in [-0.39, 0.29) is 6.04 Å². The molecule has 2 atom stereocenters. The van der Waals surface area contributed by atoms with Gasteiger partial charge >= 0.3 is 7.23 Å². The molecular weight excluding hydrogens is 305 g/mol. The van der Waals surface area contributed by atoms with Crippen LogP contribution in [0.1, 0.15) is 17.2 Å². The van der Waals surface area contributed by atoms with Gasteiger partial charge in [0.15, 0.2) is 0 Å². The fourth-order valence-electron chi connectivity index (χ4n) is 1.96. The average Bonchev–Trinajstić information content (AvgIpc) is 2.98. The van der Waals surface area contributed by atoms with Gasteiger partial charge in [-0.05, 0) is 22.3 Å². The molecule has 3 rings (SSSR count). The van der Waals surface area contributed by atoms with Crippen LogP contribution in [0.3, 0.4) is 0 Å². The van der Waals surface area contributed by atoms with E-state index < -0.39 is 7.23 Å². The van der Waals surface area contributed by atoms with Crippen molar-refractivity contribution < 1.29 is 14.2 Å². The highest BCUT2D eigenvalue weighted by Gasteiger charge is 2.20. The minimum Gasteiger partial charge on any atom is -0.475 e. The fraction of sp³-hybridized carbons (Fsp3) is 0.133. The Labute approximate surface area is 129 Å². The molecular formula is C15H15NO3PS+. The molecule has 0 saturated heterocycles. The molecule has 2 unspecified atom stereocenters. The van der Waals surface area contributed by atoms with E-state index in [2.05, 4.69) is 29.4 Å². The van der Waals surface area contributed by atoms with Crippen molar-refractivity contribution in [1.29, 1.82) is 0 Å². The zero-order chi connectivity index (χ0) is 15.1. The van der Waals surface area contributed by atoms with E-state index in [0.29, 0.717) is 6.61 Å². The van der Waals surface area contributed by atoms with Gasteiger partial charge in [0.25, 0.3) is 0 Å². The SMILES string of the molecule is O=[P+](O)S.c1ccc(C2=NC(c3ccccc3)CO2)cc1. The number of nitrogens with zero attached hydrogens (tertiary/aromatic N) is 1. The van der Waals surface area contributed by atoms with Crippen LogP contribution < -0.4 is 0 Å². The van der Waals surface area contributed by atoms with Gasteiger partial charge in [-0.3, -0.25) is 0 Å². The van der Waals surface area contributed by atoms with Crippen molar-refractivity contribution in [2.75, 3.05) is 6.61 Å². The maximum absolute atomic E-state index is 9.01. The lowest BCUT2D eigenvalue weighted by molar-refractivity contribution is 0.320. The number of aliphatic imine (C=N–C) groups is 1. The van der Waals surface area contributed by atoms with E-state index in [1.165, 1.54) is 5.56 Å². The van der Waals surface area contributed by atoms with Gasteiger partial charge in [-0.15, -0.1) is 0 Å². The zero-order valence-electron chi connectivity index (χ0n) is 11.2. The molecule has 1 aliphatic heterocycles. The smallest absolute Gasteiger partial charge is 0.475 e. The first kappa shape index (κ1) is 15.7. The molecule has 0 aromatic heterocycles. The predicted molar refractivity (Wildman–Crippen MR) is 86.9 cm³/mol. The van der Waals surface area contributed by atoms with Gasteiger partial charge in [0.2, 0.25) is 5.90 Å². The summed E-state index contributed by atoms with van der Waals surface area (Å²) in [6.07, 6.45) is 0. The Morgan fingerprint density at radius 3 is 2.19 bits per heavy atom. The van der Waals surface area contributed by atoms with Crippen LogP contribution in [0.5, 0.6) is 0 Å². The Morgan fingerprint density at radius 2 is 1.62 bits per heavy atom. The molecule has 0 spiro atoms. The summed E-state index contributed by atoms with van der Waals surface area (Å²) < 4.78 is 14.7. The topological polar surface area (TPSA) is 58.9 Å². The number of hydrogen-bond donors (Lipinski definition) is 2. The van der Waals surface area contributed by atoms with Crippen molar-refractivity contribution in [3.63, 3.8) is 0 Å². The van der Waals surface area contributed by atoms with E-state index in [9.17, 15) is 0 Å². The van der Waals surface area contributed by atoms with Crippen molar-refractivity contribution in [3.05, 3.63) is 71.8 Å². The van der Waals surface area contributed by atoms with Gasteiger partial charge < -0.3 is 4.74 Å². The number of ether oxygens (including phenoxy) is 1. The van der Waals surface area contributed by atoms with Crippen LogP contribution >= 0.6 is 19.5 Å². The second-order valence-electron chi connectivity index (χ2n) is 4.29. The van der Waals surface area contributed by atoms with Gasteiger partial charge in [0.05, 0.1) is 0 Å². The molecule has 108 valence electrons. The average molecular weight is 320 g/mol. The third-order valence-electron chi connectivity index (χ3n) is 2.86. The molecule has 0 fully saturated rings. The Bertz CT molecular complexity index is 615. The summed E-state index contributed by atoms with van der Waals surface area (Å²) in [6, 6.07) is 20.4. The molecule has 6 heteroatoms. The molecule has 21 heavy (non-hydrogen) atoms.